The first-order valence-electron chi connectivity index (χ1n) is 9.19. The Kier molecular flexibility index (Phi) is 3.87. The van der Waals surface area contributed by atoms with Gasteiger partial charge in [-0.15, -0.1) is 0 Å². The predicted octanol–water partition coefficient (Wildman–Crippen LogP) is 4.93. The fraction of sp³-hybridized carbons (Fsp3) is 0.0870. The van der Waals surface area contributed by atoms with Crippen LogP contribution in [0.1, 0.15) is 5.56 Å². The van der Waals surface area contributed by atoms with Gasteiger partial charge in [-0.3, -0.25) is 4.99 Å². The summed E-state index contributed by atoms with van der Waals surface area (Å²) < 4.78 is 0. The lowest BCUT2D eigenvalue weighted by atomic mass is 10.1. The molecule has 4 heteroatoms. The summed E-state index contributed by atoms with van der Waals surface area (Å²) in [4.78, 5) is 8.05. The molecule has 0 aliphatic carbocycles. The number of rotatable bonds is 4. The molecule has 4 aromatic rings. The van der Waals surface area contributed by atoms with E-state index in [1.807, 2.05) is 18.2 Å². The Morgan fingerprint density at radius 3 is 2.33 bits per heavy atom. The molecule has 1 aliphatic rings. The molecule has 27 heavy (non-hydrogen) atoms. The Morgan fingerprint density at radius 2 is 1.56 bits per heavy atom. The minimum atomic E-state index is 0.854. The number of hydrogen-bond donors (Lipinski definition) is 3. The minimum absolute atomic E-state index is 0.854. The molecule has 0 atom stereocenters. The first-order chi connectivity index (χ1) is 13.3. The van der Waals surface area contributed by atoms with Gasteiger partial charge in [0.25, 0.3) is 0 Å². The number of para-hydroxylation sites is 1. The number of benzene rings is 3. The van der Waals surface area contributed by atoms with Gasteiger partial charge in [-0.1, -0.05) is 42.5 Å². The standard InChI is InChI=1S/C23H20N4/c1-2-4-19(5-3-1)26-20-10-8-16(9-11-20)21-14-17-6-7-18(15-22(17)27-21)23-24-12-13-25-23/h1-11,14-15,26-27H,12-13H2,(H,24,25). The van der Waals surface area contributed by atoms with Crippen LogP contribution in [0.4, 0.5) is 11.4 Å². The van der Waals surface area contributed by atoms with Crippen molar-refractivity contribution in [2.24, 2.45) is 4.99 Å². The molecule has 4 nitrogen and oxygen atoms in total. The number of hydrogen-bond acceptors (Lipinski definition) is 3. The van der Waals surface area contributed by atoms with Gasteiger partial charge in [0.2, 0.25) is 0 Å². The molecule has 0 unspecified atom stereocenters. The van der Waals surface area contributed by atoms with Crippen LogP contribution in [0, 0.1) is 0 Å². The molecule has 3 N–H and O–H groups in total. The average molecular weight is 352 g/mol. The third-order valence-electron chi connectivity index (χ3n) is 4.83. The molecule has 0 fully saturated rings. The Bertz CT molecular complexity index is 1110. The van der Waals surface area contributed by atoms with Gasteiger partial charge in [-0.05, 0) is 42.0 Å². The highest BCUT2D eigenvalue weighted by molar-refractivity contribution is 6.02. The Morgan fingerprint density at radius 1 is 0.778 bits per heavy atom. The zero-order valence-electron chi connectivity index (χ0n) is 14.9. The number of nitrogens with one attached hydrogen (secondary N) is 3. The maximum atomic E-state index is 4.51. The van der Waals surface area contributed by atoms with Crippen molar-refractivity contribution in [3.63, 3.8) is 0 Å². The van der Waals surface area contributed by atoms with Crippen LogP contribution >= 0.6 is 0 Å². The topological polar surface area (TPSA) is 52.2 Å². The summed E-state index contributed by atoms with van der Waals surface area (Å²) >= 11 is 0. The minimum Gasteiger partial charge on any atom is -0.368 e. The van der Waals surface area contributed by atoms with E-state index in [0.717, 1.165) is 47.1 Å². The summed E-state index contributed by atoms with van der Waals surface area (Å²) in [5.41, 5.74) is 6.72. The quantitative estimate of drug-likeness (QED) is 0.488. The second-order valence-corrected chi connectivity index (χ2v) is 6.71. The highest BCUT2D eigenvalue weighted by Crippen LogP contribution is 2.27. The zero-order valence-corrected chi connectivity index (χ0v) is 14.9. The second kappa shape index (κ2) is 6.65. The third kappa shape index (κ3) is 3.17. The maximum absolute atomic E-state index is 4.51. The van der Waals surface area contributed by atoms with Crippen LogP contribution in [0.2, 0.25) is 0 Å². The summed E-state index contributed by atoms with van der Waals surface area (Å²) in [6.07, 6.45) is 0. The molecule has 1 aliphatic heterocycles. The molecule has 132 valence electrons. The Balaban J connectivity index is 1.41. The number of aliphatic imine (C=N–C) groups is 1. The Hall–Kier alpha value is -3.53. The number of aromatic nitrogens is 1. The SMILES string of the molecule is c1ccc(Nc2ccc(-c3cc4ccc(C5=NCCN5)cc4[nH]3)cc2)cc1. The van der Waals surface area contributed by atoms with Crippen LogP contribution in [-0.2, 0) is 0 Å². The monoisotopic (exact) mass is 352 g/mol. The molecule has 1 aromatic heterocycles. The lowest BCUT2D eigenvalue weighted by Crippen LogP contribution is -2.19. The van der Waals surface area contributed by atoms with Gasteiger partial charge in [0.1, 0.15) is 5.84 Å². The summed E-state index contributed by atoms with van der Waals surface area (Å²) in [7, 11) is 0. The molecule has 5 rings (SSSR count). The van der Waals surface area contributed by atoms with Gasteiger partial charge in [0.15, 0.2) is 0 Å². The summed E-state index contributed by atoms with van der Waals surface area (Å²) in [5, 5.41) is 7.96. The normalized spacial score (nSPS) is 13.4. The number of aromatic amines is 1. The van der Waals surface area contributed by atoms with E-state index in [0.29, 0.717) is 0 Å². The van der Waals surface area contributed by atoms with E-state index >= 15 is 0 Å². The van der Waals surface area contributed by atoms with Crippen molar-refractivity contribution in [2.45, 2.75) is 0 Å². The van der Waals surface area contributed by atoms with Crippen molar-refractivity contribution in [2.75, 3.05) is 18.4 Å². The maximum Gasteiger partial charge on any atom is 0.128 e. The van der Waals surface area contributed by atoms with Gasteiger partial charge < -0.3 is 15.6 Å². The van der Waals surface area contributed by atoms with Crippen LogP contribution in [0.15, 0.2) is 83.9 Å². The van der Waals surface area contributed by atoms with Crippen molar-refractivity contribution in [1.29, 1.82) is 0 Å². The summed E-state index contributed by atoms with van der Waals surface area (Å²) in [6.45, 7) is 1.78. The van der Waals surface area contributed by atoms with Gasteiger partial charge in [0.05, 0.1) is 6.54 Å². The van der Waals surface area contributed by atoms with Gasteiger partial charge in [0, 0.05) is 40.1 Å². The Labute approximate surface area is 158 Å². The lowest BCUT2D eigenvalue weighted by molar-refractivity contribution is 0.960. The number of amidine groups is 1. The molecular weight excluding hydrogens is 332 g/mol. The van der Waals surface area contributed by atoms with Gasteiger partial charge in [-0.25, -0.2) is 0 Å². The number of H-pyrrole nitrogens is 1. The first kappa shape index (κ1) is 15.7. The van der Waals surface area contributed by atoms with Crippen LogP contribution in [0.25, 0.3) is 22.2 Å². The third-order valence-corrected chi connectivity index (χ3v) is 4.83. The fourth-order valence-electron chi connectivity index (χ4n) is 3.44. The fourth-order valence-corrected chi connectivity index (χ4v) is 3.44. The van der Waals surface area contributed by atoms with E-state index in [-0.39, 0.29) is 0 Å². The lowest BCUT2D eigenvalue weighted by Gasteiger charge is -2.07. The van der Waals surface area contributed by atoms with Gasteiger partial charge in [-0.2, -0.15) is 0 Å². The molecule has 2 heterocycles. The molecule has 0 amide bonds. The largest absolute Gasteiger partial charge is 0.368 e. The number of fused-ring (bicyclic) bond motifs is 1. The summed E-state index contributed by atoms with van der Waals surface area (Å²) in [6, 6.07) is 27.3. The molecular formula is C23H20N4. The molecule has 0 radical (unpaired) electrons. The van der Waals surface area contributed by atoms with Crippen molar-refractivity contribution >= 4 is 28.1 Å². The van der Waals surface area contributed by atoms with Crippen LogP contribution in [0.3, 0.4) is 0 Å². The van der Waals surface area contributed by atoms with Crippen molar-refractivity contribution < 1.29 is 0 Å². The first-order valence-corrected chi connectivity index (χ1v) is 9.19. The molecule has 0 spiro atoms. The molecule has 0 saturated heterocycles. The molecule has 0 bridgehead atoms. The van der Waals surface area contributed by atoms with Crippen LogP contribution in [0.5, 0.6) is 0 Å². The van der Waals surface area contributed by atoms with E-state index in [9.17, 15) is 0 Å². The zero-order chi connectivity index (χ0) is 18.1. The van der Waals surface area contributed by atoms with Crippen LogP contribution < -0.4 is 10.6 Å². The van der Waals surface area contributed by atoms with E-state index in [1.165, 1.54) is 10.9 Å². The number of anilines is 2. The van der Waals surface area contributed by atoms with E-state index in [1.54, 1.807) is 0 Å². The van der Waals surface area contributed by atoms with E-state index < -0.39 is 0 Å². The molecule has 0 saturated carbocycles. The smallest absolute Gasteiger partial charge is 0.128 e. The number of nitrogens with zero attached hydrogens (tertiary/aromatic N) is 1. The average Bonchev–Trinajstić information content (AvgIpc) is 3.39. The highest BCUT2D eigenvalue weighted by atomic mass is 15.1. The highest BCUT2D eigenvalue weighted by Gasteiger charge is 2.10. The van der Waals surface area contributed by atoms with E-state index in [2.05, 4.69) is 81.3 Å². The van der Waals surface area contributed by atoms with Crippen molar-refractivity contribution in [3.05, 3.63) is 84.4 Å². The van der Waals surface area contributed by atoms with Crippen LogP contribution in [-0.4, -0.2) is 23.9 Å². The predicted molar refractivity (Wildman–Crippen MR) is 113 cm³/mol. The second-order valence-electron chi connectivity index (χ2n) is 6.71. The van der Waals surface area contributed by atoms with E-state index in [4.69, 9.17) is 0 Å². The van der Waals surface area contributed by atoms with Crippen molar-refractivity contribution in [1.82, 2.24) is 10.3 Å². The molecule has 3 aromatic carbocycles. The van der Waals surface area contributed by atoms with Crippen molar-refractivity contribution in [3.8, 4) is 11.3 Å². The summed E-state index contributed by atoms with van der Waals surface area (Å²) in [5.74, 6) is 0.990. The van der Waals surface area contributed by atoms with Gasteiger partial charge >= 0.3 is 0 Å².